The molecule has 116 valence electrons. The van der Waals surface area contributed by atoms with Crippen LogP contribution in [0.1, 0.15) is 31.4 Å². The molecule has 2 unspecified atom stereocenters. The molecule has 0 spiro atoms. The molecule has 5 nitrogen and oxygen atoms in total. The normalized spacial score (nSPS) is 22.7. The third kappa shape index (κ3) is 4.32. The van der Waals surface area contributed by atoms with E-state index < -0.39 is 24.0 Å². The lowest BCUT2D eigenvalue weighted by atomic mass is 9.93. The van der Waals surface area contributed by atoms with Crippen LogP contribution in [0.3, 0.4) is 0 Å². The number of hydrogen-bond donors (Lipinski definition) is 3. The van der Waals surface area contributed by atoms with E-state index in [0.29, 0.717) is 12.8 Å². The quantitative estimate of drug-likeness (QED) is 0.786. The van der Waals surface area contributed by atoms with Crippen LogP contribution in [0.15, 0.2) is 18.3 Å². The summed E-state index contributed by atoms with van der Waals surface area (Å²) in [6, 6.07) is 1.03. The number of aliphatic hydroxyl groups excluding tert-OH is 1. The molecule has 1 heterocycles. The zero-order valence-corrected chi connectivity index (χ0v) is 11.2. The van der Waals surface area contributed by atoms with E-state index in [0.717, 1.165) is 31.2 Å². The number of nitrogens with one attached hydrogen (secondary N) is 2. The molecule has 1 fully saturated rings. The summed E-state index contributed by atoms with van der Waals surface area (Å²) in [5.74, 6) is 0. The fourth-order valence-corrected chi connectivity index (χ4v) is 2.25. The molecule has 0 aromatic carbocycles. The predicted octanol–water partition coefficient (Wildman–Crippen LogP) is 2.53. The summed E-state index contributed by atoms with van der Waals surface area (Å²) in [6.07, 6.45) is -0.998. The number of rotatable bonds is 2. The Hall–Kier alpha value is -1.83. The second kappa shape index (κ2) is 6.30. The van der Waals surface area contributed by atoms with Crippen LogP contribution < -0.4 is 10.6 Å². The van der Waals surface area contributed by atoms with Crippen molar-refractivity contribution in [2.45, 2.75) is 44.0 Å². The first-order valence-electron chi connectivity index (χ1n) is 6.65. The van der Waals surface area contributed by atoms with Gasteiger partial charge in [0, 0.05) is 0 Å². The van der Waals surface area contributed by atoms with Crippen molar-refractivity contribution in [2.75, 3.05) is 5.32 Å². The molecule has 0 bridgehead atoms. The second-order valence-electron chi connectivity index (χ2n) is 4.99. The van der Waals surface area contributed by atoms with E-state index in [9.17, 15) is 23.1 Å². The van der Waals surface area contributed by atoms with Crippen molar-refractivity contribution < 1.29 is 23.1 Å². The van der Waals surface area contributed by atoms with Gasteiger partial charge in [-0.05, 0) is 25.0 Å². The fourth-order valence-electron chi connectivity index (χ4n) is 2.25. The van der Waals surface area contributed by atoms with Gasteiger partial charge >= 0.3 is 12.2 Å². The van der Waals surface area contributed by atoms with Gasteiger partial charge < -0.3 is 15.7 Å². The van der Waals surface area contributed by atoms with Gasteiger partial charge in [-0.15, -0.1) is 0 Å². The lowest BCUT2D eigenvalue weighted by Crippen LogP contribution is -2.46. The van der Waals surface area contributed by atoms with Gasteiger partial charge in [0.05, 0.1) is 24.0 Å². The number of hydrogen-bond acceptors (Lipinski definition) is 3. The fraction of sp³-hybridized carbons (Fsp3) is 0.538. The maximum absolute atomic E-state index is 12.3. The van der Waals surface area contributed by atoms with E-state index in [1.54, 1.807) is 0 Å². The van der Waals surface area contributed by atoms with Gasteiger partial charge in [0.2, 0.25) is 0 Å². The molecule has 1 aliphatic rings. The van der Waals surface area contributed by atoms with Crippen LogP contribution in [-0.2, 0) is 6.18 Å². The summed E-state index contributed by atoms with van der Waals surface area (Å²) < 4.78 is 37.0. The number of aliphatic hydroxyl groups is 1. The number of anilines is 1. The van der Waals surface area contributed by atoms with Crippen LogP contribution in [0.2, 0.25) is 0 Å². The van der Waals surface area contributed by atoms with Gasteiger partial charge in [0.15, 0.2) is 0 Å². The van der Waals surface area contributed by atoms with E-state index in [4.69, 9.17) is 0 Å². The van der Waals surface area contributed by atoms with Gasteiger partial charge in [-0.2, -0.15) is 13.2 Å². The van der Waals surface area contributed by atoms with Crippen molar-refractivity contribution in [3.05, 3.63) is 24.0 Å². The summed E-state index contributed by atoms with van der Waals surface area (Å²) >= 11 is 0. The highest BCUT2D eigenvalue weighted by Crippen LogP contribution is 2.27. The smallest absolute Gasteiger partial charge is 0.391 e. The predicted molar refractivity (Wildman–Crippen MR) is 69.7 cm³/mol. The maximum atomic E-state index is 12.3. The molecule has 0 saturated heterocycles. The number of halogens is 3. The number of aromatic nitrogens is 1. The van der Waals surface area contributed by atoms with Crippen LogP contribution in [0.4, 0.5) is 23.7 Å². The molecule has 1 saturated carbocycles. The Labute approximate surface area is 119 Å². The van der Waals surface area contributed by atoms with E-state index in [2.05, 4.69) is 15.6 Å². The van der Waals surface area contributed by atoms with Crippen molar-refractivity contribution >= 4 is 11.7 Å². The molecule has 2 amide bonds. The molecule has 0 radical (unpaired) electrons. The number of nitrogens with zero attached hydrogens (tertiary/aromatic N) is 1. The zero-order valence-electron chi connectivity index (χ0n) is 11.2. The average Bonchev–Trinajstić information content (AvgIpc) is 2.41. The molecule has 1 aliphatic carbocycles. The molecular formula is C13H16F3N3O2. The summed E-state index contributed by atoms with van der Waals surface area (Å²) in [4.78, 5) is 15.0. The third-order valence-corrected chi connectivity index (χ3v) is 3.36. The Kier molecular flexibility index (Phi) is 4.66. The minimum Gasteiger partial charge on any atom is -0.391 e. The monoisotopic (exact) mass is 303 g/mol. The zero-order chi connectivity index (χ0) is 15.5. The molecule has 21 heavy (non-hydrogen) atoms. The van der Waals surface area contributed by atoms with Crippen molar-refractivity contribution in [1.29, 1.82) is 0 Å². The lowest BCUT2D eigenvalue weighted by Gasteiger charge is -2.28. The molecule has 1 aromatic rings. The first-order chi connectivity index (χ1) is 9.86. The van der Waals surface area contributed by atoms with Crippen molar-refractivity contribution in [3.63, 3.8) is 0 Å². The first kappa shape index (κ1) is 15.6. The number of amides is 2. The van der Waals surface area contributed by atoms with Gasteiger partial charge in [0.25, 0.3) is 0 Å². The summed E-state index contributed by atoms with van der Waals surface area (Å²) in [7, 11) is 0. The van der Waals surface area contributed by atoms with Gasteiger partial charge in [-0.1, -0.05) is 12.8 Å². The van der Waals surface area contributed by atoms with Gasteiger partial charge in [0.1, 0.15) is 5.69 Å². The van der Waals surface area contributed by atoms with Crippen LogP contribution >= 0.6 is 0 Å². The third-order valence-electron chi connectivity index (χ3n) is 3.36. The molecule has 0 aliphatic heterocycles. The molecule has 1 aromatic heterocycles. The summed E-state index contributed by atoms with van der Waals surface area (Å²) in [6.45, 7) is 0. The minimum atomic E-state index is -4.51. The Morgan fingerprint density at radius 3 is 2.57 bits per heavy atom. The van der Waals surface area contributed by atoms with Gasteiger partial charge in [-0.3, -0.25) is 0 Å². The van der Waals surface area contributed by atoms with E-state index in [1.165, 1.54) is 0 Å². The minimum absolute atomic E-state index is 0.158. The highest BCUT2D eigenvalue weighted by molar-refractivity contribution is 5.89. The number of urea groups is 1. The molecular weight excluding hydrogens is 287 g/mol. The number of alkyl halides is 3. The molecule has 3 N–H and O–H groups in total. The average molecular weight is 303 g/mol. The van der Waals surface area contributed by atoms with Crippen LogP contribution in [0, 0.1) is 0 Å². The number of carbonyl (C=O) groups excluding carboxylic acids is 1. The van der Waals surface area contributed by atoms with Crippen LogP contribution in [-0.4, -0.2) is 28.3 Å². The summed E-state index contributed by atoms with van der Waals surface area (Å²) in [5.41, 5.74) is -0.859. The van der Waals surface area contributed by atoms with Crippen molar-refractivity contribution in [2.24, 2.45) is 0 Å². The Balaban J connectivity index is 1.90. The SMILES string of the molecule is O=C(Nc1ccc(C(F)(F)F)nc1)NC1CCCCC1O. The Morgan fingerprint density at radius 2 is 2.00 bits per heavy atom. The van der Waals surface area contributed by atoms with Crippen LogP contribution in [0.25, 0.3) is 0 Å². The van der Waals surface area contributed by atoms with E-state index in [1.807, 2.05) is 0 Å². The highest BCUT2D eigenvalue weighted by atomic mass is 19.4. The maximum Gasteiger partial charge on any atom is 0.433 e. The number of pyridine rings is 1. The van der Waals surface area contributed by atoms with Crippen LogP contribution in [0.5, 0.6) is 0 Å². The van der Waals surface area contributed by atoms with Crippen molar-refractivity contribution in [3.8, 4) is 0 Å². The summed E-state index contributed by atoms with van der Waals surface area (Å²) in [5, 5.41) is 14.7. The largest absolute Gasteiger partial charge is 0.433 e. The molecule has 2 atom stereocenters. The Morgan fingerprint density at radius 1 is 1.29 bits per heavy atom. The lowest BCUT2D eigenvalue weighted by molar-refractivity contribution is -0.141. The van der Waals surface area contributed by atoms with Crippen molar-refractivity contribution in [1.82, 2.24) is 10.3 Å². The van der Waals surface area contributed by atoms with E-state index in [-0.39, 0.29) is 11.7 Å². The standard InChI is InChI=1S/C13H16F3N3O2/c14-13(15,16)11-6-5-8(7-17-11)18-12(21)19-9-3-1-2-4-10(9)20/h5-7,9-10,20H,1-4H2,(H2,18,19,21). The molecule has 2 rings (SSSR count). The first-order valence-corrected chi connectivity index (χ1v) is 6.65. The highest BCUT2D eigenvalue weighted by Gasteiger charge is 2.32. The number of carbonyl (C=O) groups is 1. The molecule has 8 heteroatoms. The van der Waals surface area contributed by atoms with Gasteiger partial charge in [-0.25, -0.2) is 9.78 Å². The van der Waals surface area contributed by atoms with E-state index >= 15 is 0 Å². The Bertz CT molecular complexity index is 490. The second-order valence-corrected chi connectivity index (χ2v) is 4.99. The topological polar surface area (TPSA) is 74.2 Å².